The molecule has 8 heteroatoms. The Morgan fingerprint density at radius 1 is 1.21 bits per heavy atom. The Balaban J connectivity index is 2.52. The zero-order valence-corrected chi connectivity index (χ0v) is 17.7. The summed E-state index contributed by atoms with van der Waals surface area (Å²) in [4.78, 5) is 41.0. The summed E-state index contributed by atoms with van der Waals surface area (Å²) >= 11 is 0. The number of hydrogen-bond donors (Lipinski definition) is 2. The third kappa shape index (κ3) is 5.49. The van der Waals surface area contributed by atoms with Crippen LogP contribution in [0, 0.1) is 11.8 Å². The smallest absolute Gasteiger partial charge is 0.337 e. The Bertz CT molecular complexity index is 975. The molecule has 0 amide bonds. The van der Waals surface area contributed by atoms with Gasteiger partial charge in [-0.15, -0.1) is 0 Å². The lowest BCUT2D eigenvalue weighted by molar-refractivity contribution is 0.0600. The van der Waals surface area contributed by atoms with E-state index in [0.29, 0.717) is 25.2 Å². The number of H-pyrrole nitrogens is 1. The van der Waals surface area contributed by atoms with Crippen LogP contribution in [0.2, 0.25) is 0 Å². The SMILES string of the molecule is COC(=O)c1cccc(CN(CC(C)C)c2c(N)n(CC(C)C)c(=O)[nH]c2=O)c1. The van der Waals surface area contributed by atoms with Crippen LogP contribution in [0.15, 0.2) is 33.9 Å². The Hall–Kier alpha value is -3.03. The van der Waals surface area contributed by atoms with Crippen LogP contribution in [0.3, 0.4) is 0 Å². The molecule has 1 heterocycles. The highest BCUT2D eigenvalue weighted by Gasteiger charge is 2.21. The van der Waals surface area contributed by atoms with Gasteiger partial charge in [-0.3, -0.25) is 14.3 Å². The van der Waals surface area contributed by atoms with Gasteiger partial charge in [-0.25, -0.2) is 9.59 Å². The zero-order chi connectivity index (χ0) is 21.7. The third-order valence-electron chi connectivity index (χ3n) is 4.39. The number of nitrogens with one attached hydrogen (secondary N) is 1. The van der Waals surface area contributed by atoms with Crippen molar-refractivity contribution in [2.75, 3.05) is 24.3 Å². The van der Waals surface area contributed by atoms with Crippen LogP contribution in [-0.2, 0) is 17.8 Å². The molecule has 0 aliphatic rings. The van der Waals surface area contributed by atoms with Gasteiger partial charge in [-0.2, -0.15) is 0 Å². The van der Waals surface area contributed by atoms with Crippen LogP contribution >= 0.6 is 0 Å². The van der Waals surface area contributed by atoms with Crippen molar-refractivity contribution in [2.45, 2.75) is 40.8 Å². The lowest BCUT2D eigenvalue weighted by Gasteiger charge is -2.28. The van der Waals surface area contributed by atoms with E-state index in [0.717, 1.165) is 5.56 Å². The van der Waals surface area contributed by atoms with E-state index in [9.17, 15) is 14.4 Å². The predicted octanol–water partition coefficient (Wildman–Crippen LogP) is 2.22. The molecule has 0 aliphatic heterocycles. The summed E-state index contributed by atoms with van der Waals surface area (Å²) in [6.07, 6.45) is 0. The summed E-state index contributed by atoms with van der Waals surface area (Å²) < 4.78 is 6.19. The molecule has 0 radical (unpaired) electrons. The second-order valence-corrected chi connectivity index (χ2v) is 7.96. The average Bonchev–Trinajstić information content (AvgIpc) is 2.63. The molecule has 2 aromatic rings. The van der Waals surface area contributed by atoms with Crippen LogP contribution in [0.5, 0.6) is 0 Å². The zero-order valence-electron chi connectivity index (χ0n) is 17.7. The van der Waals surface area contributed by atoms with Crippen molar-refractivity contribution in [1.29, 1.82) is 0 Å². The fourth-order valence-corrected chi connectivity index (χ4v) is 3.24. The number of carbonyl (C=O) groups is 1. The lowest BCUT2D eigenvalue weighted by atomic mass is 10.1. The topological polar surface area (TPSA) is 110 Å². The number of aromatic amines is 1. The largest absolute Gasteiger partial charge is 0.465 e. The van der Waals surface area contributed by atoms with Gasteiger partial charge in [0.25, 0.3) is 5.56 Å². The highest BCUT2D eigenvalue weighted by Crippen LogP contribution is 2.22. The Labute approximate surface area is 170 Å². The first-order chi connectivity index (χ1) is 13.6. The number of anilines is 2. The molecule has 0 saturated carbocycles. The van der Waals surface area contributed by atoms with Gasteiger partial charge in [-0.1, -0.05) is 39.8 Å². The van der Waals surface area contributed by atoms with Crippen LogP contribution < -0.4 is 21.9 Å². The van der Waals surface area contributed by atoms with E-state index in [1.54, 1.807) is 18.2 Å². The fraction of sp³-hybridized carbons (Fsp3) is 0.476. The number of aromatic nitrogens is 2. The van der Waals surface area contributed by atoms with E-state index in [2.05, 4.69) is 4.98 Å². The molecule has 0 bridgehead atoms. The van der Waals surface area contributed by atoms with Gasteiger partial charge in [-0.05, 0) is 29.5 Å². The first-order valence-electron chi connectivity index (χ1n) is 9.68. The molecule has 29 heavy (non-hydrogen) atoms. The molecule has 3 N–H and O–H groups in total. The summed E-state index contributed by atoms with van der Waals surface area (Å²) in [5, 5.41) is 0. The molecule has 0 saturated heterocycles. The van der Waals surface area contributed by atoms with Crippen molar-refractivity contribution in [2.24, 2.45) is 11.8 Å². The maximum atomic E-state index is 12.7. The number of nitrogens with two attached hydrogens (primary N) is 1. The Morgan fingerprint density at radius 3 is 2.48 bits per heavy atom. The number of ether oxygens (including phenoxy) is 1. The molecule has 2 rings (SSSR count). The van der Waals surface area contributed by atoms with Crippen LogP contribution in [0.25, 0.3) is 0 Å². The lowest BCUT2D eigenvalue weighted by Crippen LogP contribution is -2.40. The third-order valence-corrected chi connectivity index (χ3v) is 4.39. The molecule has 0 unspecified atom stereocenters. The fourth-order valence-electron chi connectivity index (χ4n) is 3.24. The summed E-state index contributed by atoms with van der Waals surface area (Å²) in [5.41, 5.74) is 6.79. The first kappa shape index (κ1) is 22.3. The summed E-state index contributed by atoms with van der Waals surface area (Å²) in [7, 11) is 1.33. The maximum Gasteiger partial charge on any atom is 0.337 e. The molecular weight excluding hydrogens is 372 g/mol. The van der Waals surface area contributed by atoms with E-state index in [1.165, 1.54) is 11.7 Å². The number of hydrogen-bond acceptors (Lipinski definition) is 6. The van der Waals surface area contributed by atoms with Crippen molar-refractivity contribution in [1.82, 2.24) is 9.55 Å². The minimum Gasteiger partial charge on any atom is -0.465 e. The van der Waals surface area contributed by atoms with E-state index in [-0.39, 0.29) is 23.3 Å². The van der Waals surface area contributed by atoms with Gasteiger partial charge in [0.15, 0.2) is 0 Å². The average molecular weight is 402 g/mol. The molecular formula is C21H30N4O4. The number of methoxy groups -OCH3 is 1. The van der Waals surface area contributed by atoms with Crippen LogP contribution in [0.1, 0.15) is 43.6 Å². The number of nitrogens with zero attached hydrogens (tertiary/aromatic N) is 2. The van der Waals surface area contributed by atoms with Crippen molar-refractivity contribution >= 4 is 17.5 Å². The molecule has 8 nitrogen and oxygen atoms in total. The summed E-state index contributed by atoms with van der Waals surface area (Å²) in [6, 6.07) is 7.04. The van der Waals surface area contributed by atoms with Crippen LogP contribution in [-0.4, -0.2) is 29.2 Å². The molecule has 1 aromatic heterocycles. The summed E-state index contributed by atoms with van der Waals surface area (Å²) in [6.45, 7) is 9.33. The second-order valence-electron chi connectivity index (χ2n) is 7.96. The number of benzene rings is 1. The van der Waals surface area contributed by atoms with Crippen molar-refractivity contribution in [3.63, 3.8) is 0 Å². The Kier molecular flexibility index (Phi) is 7.25. The number of esters is 1. The standard InChI is InChI=1S/C21H30N4O4/c1-13(2)10-24(12-15-7-6-8-16(9-15)20(27)29-5)17-18(22)25(11-14(3)4)21(28)23-19(17)26/h6-9,13-14H,10-12,22H2,1-5H3,(H,23,26,28). The molecule has 0 aliphatic carbocycles. The van der Waals surface area contributed by atoms with Gasteiger partial charge in [0.05, 0.1) is 12.7 Å². The van der Waals surface area contributed by atoms with Gasteiger partial charge < -0.3 is 15.4 Å². The van der Waals surface area contributed by atoms with Gasteiger partial charge in [0.2, 0.25) is 0 Å². The molecule has 0 spiro atoms. The minimum atomic E-state index is -0.516. The van der Waals surface area contributed by atoms with Crippen molar-refractivity contribution in [3.8, 4) is 0 Å². The predicted molar refractivity (Wildman–Crippen MR) is 114 cm³/mol. The first-order valence-corrected chi connectivity index (χ1v) is 9.68. The highest BCUT2D eigenvalue weighted by molar-refractivity contribution is 5.89. The molecule has 0 atom stereocenters. The van der Waals surface area contributed by atoms with Gasteiger partial charge in [0.1, 0.15) is 11.5 Å². The maximum absolute atomic E-state index is 12.7. The number of carbonyl (C=O) groups excluding carboxylic acids is 1. The number of nitrogen functional groups attached to an aromatic ring is 1. The molecule has 158 valence electrons. The van der Waals surface area contributed by atoms with Crippen molar-refractivity contribution < 1.29 is 9.53 Å². The normalized spacial score (nSPS) is 11.1. The van der Waals surface area contributed by atoms with Crippen LogP contribution in [0.4, 0.5) is 11.5 Å². The summed E-state index contributed by atoms with van der Waals surface area (Å²) in [5.74, 6) is 0.148. The second kappa shape index (κ2) is 9.45. The van der Waals surface area contributed by atoms with E-state index >= 15 is 0 Å². The van der Waals surface area contributed by atoms with E-state index in [4.69, 9.17) is 10.5 Å². The minimum absolute atomic E-state index is 0.150. The van der Waals surface area contributed by atoms with Crippen molar-refractivity contribution in [3.05, 3.63) is 56.2 Å². The highest BCUT2D eigenvalue weighted by atomic mass is 16.5. The van der Waals surface area contributed by atoms with E-state index in [1.807, 2.05) is 38.7 Å². The quantitative estimate of drug-likeness (QED) is 0.655. The Morgan fingerprint density at radius 2 is 1.90 bits per heavy atom. The number of rotatable bonds is 8. The van der Waals surface area contributed by atoms with Gasteiger partial charge >= 0.3 is 11.7 Å². The molecule has 1 aromatic carbocycles. The van der Waals surface area contributed by atoms with Gasteiger partial charge in [0, 0.05) is 19.6 Å². The van der Waals surface area contributed by atoms with E-state index < -0.39 is 17.2 Å². The molecule has 0 fully saturated rings. The monoisotopic (exact) mass is 402 g/mol.